The molecule has 0 aromatic heterocycles. The third-order valence-electron chi connectivity index (χ3n) is 4.90. The molecule has 0 fully saturated rings. The van der Waals surface area contributed by atoms with Crippen molar-refractivity contribution in [2.75, 3.05) is 13.2 Å². The van der Waals surface area contributed by atoms with Gasteiger partial charge in [-0.15, -0.1) is 0 Å². The third-order valence-corrected chi connectivity index (χ3v) is 5.71. The van der Waals surface area contributed by atoms with E-state index in [1.54, 1.807) is 0 Å². The van der Waals surface area contributed by atoms with Crippen molar-refractivity contribution in [3.63, 3.8) is 0 Å². The quantitative estimate of drug-likeness (QED) is 0.149. The average Bonchev–Trinajstić information content (AvgIpc) is 2.64. The Labute approximate surface area is 165 Å². The smallest absolute Gasteiger partial charge is 0.328 e. The molecule has 0 spiro atoms. The van der Waals surface area contributed by atoms with Crippen LogP contribution < -0.4 is 0 Å². The molecule has 1 unspecified atom stereocenters. The summed E-state index contributed by atoms with van der Waals surface area (Å²) < 4.78 is 10.8. The summed E-state index contributed by atoms with van der Waals surface area (Å²) in [6.45, 7) is 5.79. The van der Waals surface area contributed by atoms with Gasteiger partial charge in [-0.3, -0.25) is 0 Å². The molecule has 4 heteroatoms. The summed E-state index contributed by atoms with van der Waals surface area (Å²) in [4.78, 5) is 9.71. The minimum absolute atomic E-state index is 0.634. The van der Waals surface area contributed by atoms with E-state index in [4.69, 9.17) is 9.05 Å². The second-order valence-corrected chi connectivity index (χ2v) is 8.55. The normalized spacial score (nSPS) is 12.6. The van der Waals surface area contributed by atoms with Crippen LogP contribution in [0.2, 0.25) is 0 Å². The molecular weight excluding hydrogens is 343 g/mol. The molecule has 0 saturated carbocycles. The Kier molecular flexibility index (Phi) is 23.6. The number of rotatable bonds is 22. The van der Waals surface area contributed by atoms with Gasteiger partial charge in [0.05, 0.1) is 13.2 Å². The van der Waals surface area contributed by atoms with E-state index in [0.29, 0.717) is 13.2 Å². The largest absolute Gasteiger partial charge is 0.329 e. The van der Waals surface area contributed by atoms with E-state index in [1.807, 2.05) is 0 Å². The van der Waals surface area contributed by atoms with E-state index in [0.717, 1.165) is 12.8 Å². The summed E-state index contributed by atoms with van der Waals surface area (Å²) in [5.74, 6) is 0. The van der Waals surface area contributed by atoms with Gasteiger partial charge >= 0.3 is 8.60 Å². The Morgan fingerprint density at radius 1 is 0.462 bits per heavy atom. The van der Waals surface area contributed by atoms with Gasteiger partial charge in [0.2, 0.25) is 0 Å². The molecule has 0 aromatic rings. The van der Waals surface area contributed by atoms with E-state index < -0.39 is 8.60 Å². The number of unbranched alkanes of at least 4 members (excludes halogenated alkanes) is 16. The summed E-state index contributed by atoms with van der Waals surface area (Å²) in [6, 6.07) is 0. The lowest BCUT2D eigenvalue weighted by Crippen LogP contribution is -1.95. The maximum Gasteiger partial charge on any atom is 0.329 e. The summed E-state index contributed by atoms with van der Waals surface area (Å²) in [7, 11) is -1.65. The van der Waals surface area contributed by atoms with Crippen LogP contribution in [0.15, 0.2) is 0 Å². The summed E-state index contributed by atoms with van der Waals surface area (Å²) in [5, 5.41) is 0. The molecule has 1 N–H and O–H groups in total. The lowest BCUT2D eigenvalue weighted by molar-refractivity contribution is 0.193. The molecule has 0 aliphatic rings. The first-order chi connectivity index (χ1) is 12.8. The van der Waals surface area contributed by atoms with Gasteiger partial charge in [0.1, 0.15) is 0 Å². The Bertz CT molecular complexity index is 252. The fourth-order valence-electron chi connectivity index (χ4n) is 3.15. The Balaban J connectivity index is 3.12. The van der Waals surface area contributed by atoms with Crippen molar-refractivity contribution in [1.82, 2.24) is 0 Å². The van der Waals surface area contributed by atoms with E-state index in [-0.39, 0.29) is 0 Å². The molecule has 158 valence electrons. The molecule has 0 aliphatic carbocycles. The summed E-state index contributed by atoms with van der Waals surface area (Å²) >= 11 is 0. The van der Waals surface area contributed by atoms with Crippen LogP contribution >= 0.6 is 8.60 Å². The van der Waals surface area contributed by atoms with Gasteiger partial charge in [-0.05, 0) is 12.8 Å². The first-order valence-corrected chi connectivity index (χ1v) is 12.7. The van der Waals surface area contributed by atoms with E-state index >= 15 is 0 Å². The second-order valence-electron chi connectivity index (χ2n) is 7.56. The Hall–Kier alpha value is 0.310. The summed E-state index contributed by atoms with van der Waals surface area (Å²) in [5.41, 5.74) is 0. The minimum Gasteiger partial charge on any atom is -0.328 e. The van der Waals surface area contributed by atoms with Crippen molar-refractivity contribution in [3.05, 3.63) is 0 Å². The first kappa shape index (κ1) is 26.3. The van der Waals surface area contributed by atoms with Crippen molar-refractivity contribution in [2.45, 2.75) is 129 Å². The maximum atomic E-state index is 9.71. The molecule has 26 heavy (non-hydrogen) atoms. The molecule has 0 bridgehead atoms. The highest BCUT2D eigenvalue weighted by Gasteiger charge is 2.05. The van der Waals surface area contributed by atoms with Crippen molar-refractivity contribution in [2.24, 2.45) is 0 Å². The monoisotopic (exact) mass is 390 g/mol. The second kappa shape index (κ2) is 23.3. The van der Waals surface area contributed by atoms with Gasteiger partial charge in [-0.25, -0.2) is 0 Å². The molecule has 0 saturated heterocycles. The molecule has 1 atom stereocenters. The standard InChI is InChI=1S/C22H47O3P/c1-3-5-7-9-11-13-14-16-18-20-22-25-26(23)24-21-19-17-15-12-10-8-6-4-2/h23H,3-22H2,1-2H3. The topological polar surface area (TPSA) is 38.7 Å². The van der Waals surface area contributed by atoms with Gasteiger partial charge in [0, 0.05) is 0 Å². The molecule has 0 aromatic carbocycles. The van der Waals surface area contributed by atoms with Crippen LogP contribution in [0.1, 0.15) is 129 Å². The van der Waals surface area contributed by atoms with Crippen LogP contribution in [0, 0.1) is 0 Å². The number of hydrogen-bond donors (Lipinski definition) is 1. The van der Waals surface area contributed by atoms with Gasteiger partial charge in [0.25, 0.3) is 0 Å². The highest BCUT2D eigenvalue weighted by Crippen LogP contribution is 2.33. The number of hydrogen-bond acceptors (Lipinski definition) is 3. The van der Waals surface area contributed by atoms with Crippen LogP contribution in [-0.2, 0) is 9.05 Å². The van der Waals surface area contributed by atoms with Crippen LogP contribution in [0.3, 0.4) is 0 Å². The van der Waals surface area contributed by atoms with Crippen molar-refractivity contribution in [3.8, 4) is 0 Å². The molecule has 0 rings (SSSR count). The van der Waals surface area contributed by atoms with Crippen molar-refractivity contribution >= 4 is 8.60 Å². The molecule has 0 heterocycles. The fourth-order valence-corrected chi connectivity index (χ4v) is 3.79. The van der Waals surface area contributed by atoms with Crippen molar-refractivity contribution in [1.29, 1.82) is 0 Å². The summed E-state index contributed by atoms with van der Waals surface area (Å²) in [6.07, 6.45) is 23.5. The predicted octanol–water partition coefficient (Wildman–Crippen LogP) is 8.30. The zero-order valence-electron chi connectivity index (χ0n) is 17.9. The Morgan fingerprint density at radius 2 is 0.731 bits per heavy atom. The fraction of sp³-hybridized carbons (Fsp3) is 1.00. The maximum absolute atomic E-state index is 9.71. The minimum atomic E-state index is -1.65. The van der Waals surface area contributed by atoms with Gasteiger partial charge in [-0.1, -0.05) is 117 Å². The van der Waals surface area contributed by atoms with Crippen LogP contribution in [-0.4, -0.2) is 18.1 Å². The van der Waals surface area contributed by atoms with Crippen molar-refractivity contribution < 1.29 is 13.9 Å². The lowest BCUT2D eigenvalue weighted by Gasteiger charge is -2.10. The Morgan fingerprint density at radius 3 is 1.04 bits per heavy atom. The predicted molar refractivity (Wildman–Crippen MR) is 115 cm³/mol. The molecule has 3 nitrogen and oxygen atoms in total. The zero-order chi connectivity index (χ0) is 19.1. The highest BCUT2D eigenvalue weighted by atomic mass is 31.2. The van der Waals surface area contributed by atoms with Gasteiger partial charge < -0.3 is 13.9 Å². The molecule has 0 radical (unpaired) electrons. The van der Waals surface area contributed by atoms with E-state index in [1.165, 1.54) is 103 Å². The zero-order valence-corrected chi connectivity index (χ0v) is 18.7. The van der Waals surface area contributed by atoms with E-state index in [2.05, 4.69) is 13.8 Å². The first-order valence-electron chi connectivity index (χ1n) is 11.6. The third kappa shape index (κ3) is 22.4. The van der Waals surface area contributed by atoms with Gasteiger partial charge in [0.15, 0.2) is 0 Å². The van der Waals surface area contributed by atoms with Crippen LogP contribution in [0.5, 0.6) is 0 Å². The SMILES string of the molecule is CCCCCCCCCCCCOP(O)OCCCCCCCCCC. The van der Waals surface area contributed by atoms with Crippen LogP contribution in [0.4, 0.5) is 0 Å². The molecular formula is C22H47O3P. The lowest BCUT2D eigenvalue weighted by atomic mass is 10.1. The molecule has 0 amide bonds. The molecule has 0 aliphatic heterocycles. The van der Waals surface area contributed by atoms with E-state index in [9.17, 15) is 4.89 Å². The highest BCUT2D eigenvalue weighted by molar-refractivity contribution is 7.40. The van der Waals surface area contributed by atoms with Crippen LogP contribution in [0.25, 0.3) is 0 Å². The average molecular weight is 391 g/mol. The van der Waals surface area contributed by atoms with Gasteiger partial charge in [-0.2, -0.15) is 0 Å².